The van der Waals surface area contributed by atoms with Crippen molar-refractivity contribution in [2.75, 3.05) is 7.05 Å². The molecule has 4 heteroatoms. The normalized spacial score (nSPS) is 10.7. The smallest absolute Gasteiger partial charge is 0.136 e. The van der Waals surface area contributed by atoms with Crippen LogP contribution in [-0.2, 0) is 12.3 Å². The SMILES string of the molecule is CNCc1ccc(CSc2ccccc2F)o1. The predicted molar refractivity (Wildman–Crippen MR) is 67.4 cm³/mol. The average Bonchev–Trinajstić information content (AvgIpc) is 2.76. The Labute approximate surface area is 104 Å². The lowest BCUT2D eigenvalue weighted by molar-refractivity contribution is 0.469. The van der Waals surface area contributed by atoms with Crippen molar-refractivity contribution in [1.82, 2.24) is 5.32 Å². The van der Waals surface area contributed by atoms with Crippen LogP contribution in [0.15, 0.2) is 45.7 Å². The van der Waals surface area contributed by atoms with Crippen LogP contribution in [0.5, 0.6) is 0 Å². The lowest BCUT2D eigenvalue weighted by Gasteiger charge is -2.00. The van der Waals surface area contributed by atoms with Crippen molar-refractivity contribution in [1.29, 1.82) is 0 Å². The number of hydrogen-bond donors (Lipinski definition) is 1. The van der Waals surface area contributed by atoms with E-state index in [0.717, 1.165) is 11.5 Å². The number of benzene rings is 1. The number of halogens is 1. The second kappa shape index (κ2) is 5.89. The fraction of sp³-hybridized carbons (Fsp3) is 0.231. The first-order chi connectivity index (χ1) is 8.29. The summed E-state index contributed by atoms with van der Waals surface area (Å²) in [5.74, 6) is 2.23. The number of rotatable bonds is 5. The molecule has 0 unspecified atom stereocenters. The van der Waals surface area contributed by atoms with Gasteiger partial charge in [0.05, 0.1) is 12.3 Å². The highest BCUT2D eigenvalue weighted by Crippen LogP contribution is 2.25. The maximum Gasteiger partial charge on any atom is 0.136 e. The van der Waals surface area contributed by atoms with E-state index in [9.17, 15) is 4.39 Å². The summed E-state index contributed by atoms with van der Waals surface area (Å²) < 4.78 is 18.9. The van der Waals surface area contributed by atoms with E-state index in [4.69, 9.17) is 4.42 Å². The zero-order valence-corrected chi connectivity index (χ0v) is 10.4. The molecule has 0 amide bonds. The molecule has 0 saturated heterocycles. The van der Waals surface area contributed by atoms with Crippen molar-refractivity contribution in [3.05, 3.63) is 53.7 Å². The van der Waals surface area contributed by atoms with Gasteiger partial charge in [-0.05, 0) is 31.3 Å². The summed E-state index contributed by atoms with van der Waals surface area (Å²) in [7, 11) is 1.87. The van der Waals surface area contributed by atoms with Crippen LogP contribution in [0, 0.1) is 5.82 Å². The summed E-state index contributed by atoms with van der Waals surface area (Å²) in [5, 5.41) is 3.02. The van der Waals surface area contributed by atoms with Gasteiger partial charge >= 0.3 is 0 Å². The van der Waals surface area contributed by atoms with Gasteiger partial charge in [-0.25, -0.2) is 4.39 Å². The number of thioether (sulfide) groups is 1. The van der Waals surface area contributed by atoms with Crippen LogP contribution in [-0.4, -0.2) is 7.05 Å². The van der Waals surface area contributed by atoms with Crippen LogP contribution in [0.3, 0.4) is 0 Å². The van der Waals surface area contributed by atoms with E-state index in [-0.39, 0.29) is 5.82 Å². The molecule has 0 fully saturated rings. The van der Waals surface area contributed by atoms with Gasteiger partial charge in [0.25, 0.3) is 0 Å². The molecule has 1 aromatic heterocycles. The van der Waals surface area contributed by atoms with Crippen LogP contribution < -0.4 is 5.32 Å². The second-order valence-electron chi connectivity index (χ2n) is 3.62. The van der Waals surface area contributed by atoms with E-state index >= 15 is 0 Å². The highest BCUT2D eigenvalue weighted by Gasteiger charge is 2.05. The summed E-state index contributed by atoms with van der Waals surface area (Å²) in [4.78, 5) is 0.652. The molecule has 17 heavy (non-hydrogen) atoms. The molecule has 0 atom stereocenters. The Morgan fingerprint density at radius 2 is 1.94 bits per heavy atom. The maximum absolute atomic E-state index is 13.4. The molecule has 90 valence electrons. The summed E-state index contributed by atoms with van der Waals surface area (Å²) in [5.41, 5.74) is 0. The van der Waals surface area contributed by atoms with Crippen molar-refractivity contribution in [2.24, 2.45) is 0 Å². The van der Waals surface area contributed by atoms with Gasteiger partial charge in [0, 0.05) is 4.90 Å². The Balaban J connectivity index is 1.95. The largest absolute Gasteiger partial charge is 0.464 e. The van der Waals surface area contributed by atoms with Crippen molar-refractivity contribution < 1.29 is 8.81 Å². The molecule has 1 aromatic carbocycles. The lowest BCUT2D eigenvalue weighted by atomic mass is 10.3. The first kappa shape index (κ1) is 12.2. The van der Waals surface area contributed by atoms with Crippen LogP contribution >= 0.6 is 11.8 Å². The first-order valence-electron chi connectivity index (χ1n) is 5.39. The molecule has 2 aromatic rings. The molecule has 2 nitrogen and oxygen atoms in total. The molecule has 0 aliphatic heterocycles. The van der Waals surface area contributed by atoms with Gasteiger partial charge in [-0.3, -0.25) is 0 Å². The minimum absolute atomic E-state index is 0.181. The Hall–Kier alpha value is -1.26. The van der Waals surface area contributed by atoms with Crippen LogP contribution in [0.25, 0.3) is 0 Å². The maximum atomic E-state index is 13.4. The average molecular weight is 251 g/mol. The Morgan fingerprint density at radius 3 is 2.71 bits per heavy atom. The zero-order valence-electron chi connectivity index (χ0n) is 9.57. The van der Waals surface area contributed by atoms with Crippen molar-refractivity contribution in [2.45, 2.75) is 17.2 Å². The molecule has 0 spiro atoms. The molecule has 1 N–H and O–H groups in total. The predicted octanol–water partition coefficient (Wildman–Crippen LogP) is 3.43. The molecule has 0 saturated carbocycles. The highest BCUT2D eigenvalue weighted by molar-refractivity contribution is 7.98. The highest BCUT2D eigenvalue weighted by atomic mass is 32.2. The van der Waals surface area contributed by atoms with Gasteiger partial charge in [0.1, 0.15) is 17.3 Å². The monoisotopic (exact) mass is 251 g/mol. The summed E-state index contributed by atoms with van der Waals surface area (Å²) >= 11 is 1.44. The van der Waals surface area contributed by atoms with E-state index in [0.29, 0.717) is 17.2 Å². The topological polar surface area (TPSA) is 25.2 Å². The van der Waals surface area contributed by atoms with Gasteiger partial charge in [-0.1, -0.05) is 12.1 Å². The zero-order chi connectivity index (χ0) is 12.1. The van der Waals surface area contributed by atoms with Crippen molar-refractivity contribution in [3.63, 3.8) is 0 Å². The Bertz CT molecular complexity index is 484. The van der Waals surface area contributed by atoms with Gasteiger partial charge < -0.3 is 9.73 Å². The lowest BCUT2D eigenvalue weighted by Crippen LogP contribution is -2.03. The third-order valence-corrected chi connectivity index (χ3v) is 3.35. The molecule has 1 heterocycles. The fourth-order valence-corrected chi connectivity index (χ4v) is 2.31. The van der Waals surface area contributed by atoms with E-state index in [1.54, 1.807) is 12.1 Å². The van der Waals surface area contributed by atoms with E-state index in [1.165, 1.54) is 17.8 Å². The van der Waals surface area contributed by atoms with Crippen LogP contribution in [0.4, 0.5) is 4.39 Å². The summed E-state index contributed by atoms with van der Waals surface area (Å²) in [6, 6.07) is 10.6. The Morgan fingerprint density at radius 1 is 1.18 bits per heavy atom. The van der Waals surface area contributed by atoms with E-state index in [1.807, 2.05) is 25.2 Å². The van der Waals surface area contributed by atoms with Crippen molar-refractivity contribution >= 4 is 11.8 Å². The van der Waals surface area contributed by atoms with Gasteiger partial charge in [-0.15, -0.1) is 11.8 Å². The minimum atomic E-state index is -0.181. The van der Waals surface area contributed by atoms with E-state index < -0.39 is 0 Å². The standard InChI is InChI=1S/C13H14FNOS/c1-15-8-10-6-7-11(16-10)9-17-13-5-3-2-4-12(13)14/h2-7,15H,8-9H2,1H3. The minimum Gasteiger partial charge on any atom is -0.464 e. The first-order valence-corrected chi connectivity index (χ1v) is 6.37. The molecule has 0 radical (unpaired) electrons. The third kappa shape index (κ3) is 3.35. The molecule has 0 aliphatic rings. The summed E-state index contributed by atoms with van der Waals surface area (Å²) in [6.07, 6.45) is 0. The van der Waals surface area contributed by atoms with Gasteiger partial charge in [-0.2, -0.15) is 0 Å². The van der Waals surface area contributed by atoms with Crippen molar-refractivity contribution in [3.8, 4) is 0 Å². The molecule has 2 rings (SSSR count). The Kier molecular flexibility index (Phi) is 4.23. The molecule has 0 bridgehead atoms. The third-order valence-electron chi connectivity index (χ3n) is 2.27. The quantitative estimate of drug-likeness (QED) is 0.824. The van der Waals surface area contributed by atoms with Crippen LogP contribution in [0.2, 0.25) is 0 Å². The number of furan rings is 1. The molecular formula is C13H14FNOS. The molecular weight excluding hydrogens is 237 g/mol. The van der Waals surface area contributed by atoms with E-state index in [2.05, 4.69) is 5.32 Å². The molecule has 0 aliphatic carbocycles. The fourth-order valence-electron chi connectivity index (χ4n) is 1.48. The second-order valence-corrected chi connectivity index (χ2v) is 4.63. The summed E-state index contributed by atoms with van der Waals surface area (Å²) in [6.45, 7) is 0.713. The number of nitrogens with one attached hydrogen (secondary N) is 1. The van der Waals surface area contributed by atoms with Gasteiger partial charge in [0.15, 0.2) is 0 Å². The number of hydrogen-bond acceptors (Lipinski definition) is 3. The van der Waals surface area contributed by atoms with Gasteiger partial charge in [0.2, 0.25) is 0 Å². The van der Waals surface area contributed by atoms with Crippen LogP contribution in [0.1, 0.15) is 11.5 Å².